The van der Waals surface area contributed by atoms with Crippen molar-refractivity contribution in [3.63, 3.8) is 0 Å². The number of benzene rings is 1. The molecule has 118 valence electrons. The third-order valence-corrected chi connectivity index (χ3v) is 7.09. The Labute approximate surface area is 132 Å². The van der Waals surface area contributed by atoms with E-state index in [2.05, 4.69) is 31.2 Å². The lowest BCUT2D eigenvalue weighted by Gasteiger charge is -2.31. The second-order valence-corrected chi connectivity index (χ2v) is 9.59. The number of aryl methyl sites for hydroxylation is 1. The highest BCUT2D eigenvalue weighted by molar-refractivity contribution is 7.99. The Morgan fingerprint density at radius 1 is 1.38 bits per heavy atom. The van der Waals surface area contributed by atoms with Crippen LogP contribution in [0.25, 0.3) is 0 Å². The van der Waals surface area contributed by atoms with E-state index < -0.39 is 9.84 Å². The van der Waals surface area contributed by atoms with Crippen LogP contribution >= 0.6 is 11.8 Å². The van der Waals surface area contributed by atoms with Crippen molar-refractivity contribution in [2.75, 3.05) is 12.0 Å². The molecule has 0 aromatic heterocycles. The third kappa shape index (κ3) is 5.01. The summed E-state index contributed by atoms with van der Waals surface area (Å²) >= 11 is 1.77. The van der Waals surface area contributed by atoms with Crippen LogP contribution in [0.3, 0.4) is 0 Å². The molecular formula is C16H25NO2S2. The fourth-order valence-electron chi connectivity index (χ4n) is 2.99. The van der Waals surface area contributed by atoms with Gasteiger partial charge >= 0.3 is 0 Å². The Hall–Kier alpha value is -0.520. The van der Waals surface area contributed by atoms with Crippen LogP contribution in [-0.2, 0) is 9.84 Å². The average molecular weight is 328 g/mol. The van der Waals surface area contributed by atoms with E-state index in [1.54, 1.807) is 11.8 Å². The van der Waals surface area contributed by atoms with Crippen molar-refractivity contribution >= 4 is 21.6 Å². The Morgan fingerprint density at radius 3 is 2.81 bits per heavy atom. The fraction of sp³-hybridized carbons (Fsp3) is 0.625. The topological polar surface area (TPSA) is 60.2 Å². The highest BCUT2D eigenvalue weighted by Crippen LogP contribution is 2.32. The molecule has 0 spiro atoms. The van der Waals surface area contributed by atoms with E-state index in [9.17, 15) is 8.42 Å². The van der Waals surface area contributed by atoms with E-state index >= 15 is 0 Å². The first-order valence-electron chi connectivity index (χ1n) is 7.50. The Morgan fingerprint density at radius 2 is 2.14 bits per heavy atom. The maximum atomic E-state index is 11.7. The van der Waals surface area contributed by atoms with Gasteiger partial charge in [-0.15, -0.1) is 11.8 Å². The number of thioether (sulfide) groups is 1. The average Bonchev–Trinajstić information content (AvgIpc) is 2.44. The normalized spacial score (nSPS) is 24.7. The first kappa shape index (κ1) is 16.8. The lowest BCUT2D eigenvalue weighted by atomic mass is 9.84. The number of hydrogen-bond donors (Lipinski definition) is 1. The summed E-state index contributed by atoms with van der Waals surface area (Å²) in [5, 5.41) is -0.189. The molecule has 3 nitrogen and oxygen atoms in total. The van der Waals surface area contributed by atoms with Crippen molar-refractivity contribution in [2.45, 2.75) is 48.8 Å². The van der Waals surface area contributed by atoms with Crippen molar-refractivity contribution in [1.29, 1.82) is 0 Å². The monoisotopic (exact) mass is 327 g/mol. The minimum absolute atomic E-state index is 0.0695. The number of sulfone groups is 1. The predicted octanol–water partition coefficient (Wildman–Crippen LogP) is 3.02. The molecule has 2 rings (SSSR count). The summed E-state index contributed by atoms with van der Waals surface area (Å²) in [5.74, 6) is 1.18. The van der Waals surface area contributed by atoms with Crippen LogP contribution in [0.15, 0.2) is 29.2 Å². The van der Waals surface area contributed by atoms with Crippen LogP contribution in [0.2, 0.25) is 0 Å². The minimum atomic E-state index is -2.93. The van der Waals surface area contributed by atoms with Gasteiger partial charge in [-0.2, -0.15) is 0 Å². The van der Waals surface area contributed by atoms with E-state index in [0.29, 0.717) is 5.92 Å². The lowest BCUT2D eigenvalue weighted by molar-refractivity contribution is 0.319. The van der Waals surface area contributed by atoms with Gasteiger partial charge in [0.05, 0.1) is 5.25 Å². The molecule has 0 saturated heterocycles. The second-order valence-electron chi connectivity index (χ2n) is 6.17. The first-order chi connectivity index (χ1) is 9.86. The van der Waals surface area contributed by atoms with E-state index in [4.69, 9.17) is 5.73 Å². The molecular weight excluding hydrogens is 302 g/mol. The van der Waals surface area contributed by atoms with E-state index in [1.807, 2.05) is 0 Å². The van der Waals surface area contributed by atoms with Gasteiger partial charge in [-0.1, -0.05) is 24.1 Å². The minimum Gasteiger partial charge on any atom is -0.327 e. The van der Waals surface area contributed by atoms with Crippen molar-refractivity contribution in [2.24, 2.45) is 11.7 Å². The fourth-order valence-corrected chi connectivity index (χ4v) is 5.29. The smallest absolute Gasteiger partial charge is 0.150 e. The van der Waals surface area contributed by atoms with Gasteiger partial charge in [-0.25, -0.2) is 8.42 Å². The summed E-state index contributed by atoms with van der Waals surface area (Å²) in [6.45, 7) is 2.09. The van der Waals surface area contributed by atoms with Crippen molar-refractivity contribution in [3.05, 3.63) is 29.8 Å². The molecule has 1 fully saturated rings. The van der Waals surface area contributed by atoms with E-state index in [-0.39, 0.29) is 11.3 Å². The van der Waals surface area contributed by atoms with Crippen LogP contribution < -0.4 is 5.73 Å². The molecule has 3 unspecified atom stereocenters. The Balaban J connectivity index is 1.89. The van der Waals surface area contributed by atoms with Crippen LogP contribution in [-0.4, -0.2) is 31.7 Å². The summed E-state index contributed by atoms with van der Waals surface area (Å²) in [6, 6.07) is 8.48. The maximum absolute atomic E-state index is 11.7. The molecule has 1 saturated carbocycles. The number of rotatable bonds is 5. The molecule has 3 atom stereocenters. The standard InChI is InChI=1S/C16H25NO2S2/c1-12-5-3-7-14(9-12)20-11-16(17)13-6-4-8-15(10-13)21(2,18)19/h3,5,7,9,13,15-16H,4,6,8,10-11,17H2,1-2H3. The van der Waals surface area contributed by atoms with Crippen LogP contribution in [0.5, 0.6) is 0 Å². The molecule has 0 heterocycles. The van der Waals surface area contributed by atoms with Crippen molar-refractivity contribution < 1.29 is 8.42 Å². The van der Waals surface area contributed by atoms with Crippen molar-refractivity contribution in [3.8, 4) is 0 Å². The zero-order valence-corrected chi connectivity index (χ0v) is 14.4. The van der Waals surface area contributed by atoms with Gasteiger partial charge in [0.1, 0.15) is 9.84 Å². The molecule has 0 bridgehead atoms. The van der Waals surface area contributed by atoms with Gasteiger partial charge in [0.15, 0.2) is 0 Å². The largest absolute Gasteiger partial charge is 0.327 e. The summed E-state index contributed by atoms with van der Waals surface area (Å²) in [7, 11) is -2.93. The molecule has 1 aromatic carbocycles. The quantitative estimate of drug-likeness (QED) is 0.845. The van der Waals surface area contributed by atoms with E-state index in [1.165, 1.54) is 16.7 Å². The third-order valence-electron chi connectivity index (χ3n) is 4.31. The van der Waals surface area contributed by atoms with Gasteiger partial charge < -0.3 is 5.73 Å². The maximum Gasteiger partial charge on any atom is 0.150 e. The molecule has 0 aliphatic heterocycles. The molecule has 0 amide bonds. The van der Waals surface area contributed by atoms with Gasteiger partial charge in [0.25, 0.3) is 0 Å². The van der Waals surface area contributed by atoms with Gasteiger partial charge in [0.2, 0.25) is 0 Å². The predicted molar refractivity (Wildman–Crippen MR) is 90.5 cm³/mol. The van der Waals surface area contributed by atoms with Crippen LogP contribution in [0.4, 0.5) is 0 Å². The summed E-state index contributed by atoms with van der Waals surface area (Å²) < 4.78 is 23.5. The van der Waals surface area contributed by atoms with Crippen LogP contribution in [0, 0.1) is 12.8 Å². The summed E-state index contributed by atoms with van der Waals surface area (Å²) in [4.78, 5) is 1.24. The Bertz CT molecular complexity index is 571. The highest BCUT2D eigenvalue weighted by atomic mass is 32.2. The number of nitrogens with two attached hydrogens (primary N) is 1. The zero-order chi connectivity index (χ0) is 15.5. The SMILES string of the molecule is Cc1cccc(SCC(N)C2CCCC(S(C)(=O)=O)C2)c1. The first-order valence-corrected chi connectivity index (χ1v) is 10.4. The van der Waals surface area contributed by atoms with Gasteiger partial charge in [0, 0.05) is 22.9 Å². The summed E-state index contributed by atoms with van der Waals surface area (Å²) in [5.41, 5.74) is 7.58. The molecule has 0 radical (unpaired) electrons. The summed E-state index contributed by atoms with van der Waals surface area (Å²) in [6.07, 6.45) is 4.92. The molecule has 1 aliphatic carbocycles. The van der Waals surface area contributed by atoms with E-state index in [0.717, 1.165) is 31.4 Å². The Kier molecular flexibility index (Phi) is 5.74. The second kappa shape index (κ2) is 7.16. The molecule has 5 heteroatoms. The molecule has 1 aliphatic rings. The van der Waals surface area contributed by atoms with Crippen molar-refractivity contribution in [1.82, 2.24) is 0 Å². The molecule has 21 heavy (non-hydrogen) atoms. The highest BCUT2D eigenvalue weighted by Gasteiger charge is 2.31. The van der Waals surface area contributed by atoms with Crippen LogP contribution in [0.1, 0.15) is 31.2 Å². The van der Waals surface area contributed by atoms with Gasteiger partial charge in [-0.05, 0) is 44.2 Å². The van der Waals surface area contributed by atoms with Gasteiger partial charge in [-0.3, -0.25) is 0 Å². The zero-order valence-electron chi connectivity index (χ0n) is 12.8. The lowest BCUT2D eigenvalue weighted by Crippen LogP contribution is -2.39. The number of hydrogen-bond acceptors (Lipinski definition) is 4. The molecule has 1 aromatic rings. The molecule has 2 N–H and O–H groups in total.